The van der Waals surface area contributed by atoms with Crippen molar-refractivity contribution < 1.29 is 0 Å². The number of hydrogen-bond acceptors (Lipinski definition) is 5. The number of aromatic nitrogens is 3. The molecule has 0 bridgehead atoms. The molecule has 1 aromatic rings. The molecule has 0 amide bonds. The maximum Gasteiger partial charge on any atom is 0.218 e. The van der Waals surface area contributed by atoms with E-state index in [4.69, 9.17) is 5.73 Å². The molecule has 2 rings (SSSR count). The molecule has 1 aromatic heterocycles. The van der Waals surface area contributed by atoms with Crippen molar-refractivity contribution in [2.24, 2.45) is 10.2 Å². The van der Waals surface area contributed by atoms with Crippen molar-refractivity contribution in [1.82, 2.24) is 15.0 Å². The summed E-state index contributed by atoms with van der Waals surface area (Å²) in [7, 11) is 0. The first-order valence-electron chi connectivity index (χ1n) is 2.44. The lowest BCUT2D eigenvalue weighted by Gasteiger charge is -1.82. The van der Waals surface area contributed by atoms with Crippen LogP contribution in [-0.4, -0.2) is 15.0 Å². The average molecular weight is 124 g/mol. The van der Waals surface area contributed by atoms with Gasteiger partial charge in [0.1, 0.15) is 0 Å². The van der Waals surface area contributed by atoms with Crippen LogP contribution in [-0.2, 0) is 6.67 Å². The summed E-state index contributed by atoms with van der Waals surface area (Å²) in [5.74, 6) is 0.909. The summed E-state index contributed by atoms with van der Waals surface area (Å²) in [5.41, 5.74) is 5.34. The monoisotopic (exact) mass is 124 g/mol. The lowest BCUT2D eigenvalue weighted by Crippen LogP contribution is -1.91. The molecule has 6 heteroatoms. The van der Waals surface area contributed by atoms with Crippen molar-refractivity contribution in [3.8, 4) is 0 Å². The Balaban J connectivity index is 2.67. The van der Waals surface area contributed by atoms with Crippen molar-refractivity contribution >= 4 is 11.6 Å². The first kappa shape index (κ1) is 4.42. The third-order valence-corrected chi connectivity index (χ3v) is 1.10. The SMILES string of the molecule is Nc1nnn2c1N=NC2. The molecular formula is C3H4N6. The molecule has 0 spiro atoms. The van der Waals surface area contributed by atoms with Gasteiger partial charge in [0, 0.05) is 0 Å². The zero-order valence-electron chi connectivity index (χ0n) is 4.52. The molecule has 0 unspecified atom stereocenters. The lowest BCUT2D eigenvalue weighted by molar-refractivity contribution is 0.638. The van der Waals surface area contributed by atoms with Gasteiger partial charge in [-0.05, 0) is 0 Å². The van der Waals surface area contributed by atoms with Crippen molar-refractivity contribution in [3.63, 3.8) is 0 Å². The Morgan fingerprint density at radius 2 is 2.44 bits per heavy atom. The minimum absolute atomic E-state index is 0.344. The molecule has 0 aromatic carbocycles. The molecule has 0 aliphatic carbocycles. The molecule has 1 aliphatic heterocycles. The lowest BCUT2D eigenvalue weighted by atomic mass is 10.7. The summed E-state index contributed by atoms with van der Waals surface area (Å²) in [6.45, 7) is 0.444. The average Bonchev–Trinajstić information content (AvgIpc) is 2.35. The normalized spacial score (nSPS) is 14.2. The minimum Gasteiger partial charge on any atom is -0.379 e. The molecule has 0 saturated heterocycles. The first-order valence-corrected chi connectivity index (χ1v) is 2.44. The van der Waals surface area contributed by atoms with Gasteiger partial charge in [-0.15, -0.1) is 10.2 Å². The molecule has 0 fully saturated rings. The van der Waals surface area contributed by atoms with Crippen LogP contribution >= 0.6 is 0 Å². The Morgan fingerprint density at radius 1 is 1.56 bits per heavy atom. The van der Waals surface area contributed by atoms with Crippen LogP contribution in [0.2, 0.25) is 0 Å². The molecule has 0 saturated carbocycles. The van der Waals surface area contributed by atoms with Gasteiger partial charge in [-0.2, -0.15) is 5.11 Å². The van der Waals surface area contributed by atoms with E-state index in [0.29, 0.717) is 18.3 Å². The Bertz CT molecular complexity index is 259. The topological polar surface area (TPSA) is 81.5 Å². The fraction of sp³-hybridized carbons (Fsp3) is 0.333. The largest absolute Gasteiger partial charge is 0.379 e. The van der Waals surface area contributed by atoms with Crippen LogP contribution in [0.1, 0.15) is 0 Å². The number of nitrogens with two attached hydrogens (primary N) is 1. The van der Waals surface area contributed by atoms with Gasteiger partial charge in [0.05, 0.1) is 0 Å². The van der Waals surface area contributed by atoms with Crippen molar-refractivity contribution in [1.29, 1.82) is 0 Å². The highest BCUT2D eigenvalue weighted by atomic mass is 15.5. The number of hydrogen-bond donors (Lipinski definition) is 1. The van der Waals surface area contributed by atoms with Gasteiger partial charge >= 0.3 is 0 Å². The van der Waals surface area contributed by atoms with Gasteiger partial charge < -0.3 is 5.73 Å². The number of nitrogen functional groups attached to an aromatic ring is 1. The van der Waals surface area contributed by atoms with Crippen molar-refractivity contribution in [2.45, 2.75) is 6.67 Å². The Hall–Kier alpha value is -1.46. The summed E-state index contributed by atoms with van der Waals surface area (Å²) in [4.78, 5) is 0. The van der Waals surface area contributed by atoms with Gasteiger partial charge in [-0.1, -0.05) is 5.21 Å². The fourth-order valence-corrected chi connectivity index (χ4v) is 0.678. The predicted octanol–water partition coefficient (Wildman–Crippen LogP) is -0.0849. The smallest absolute Gasteiger partial charge is 0.218 e. The standard InChI is InChI=1S/C3H4N6/c4-2-3-7-5-1-9(3)8-6-2/h1,4H2. The quantitative estimate of drug-likeness (QED) is 0.524. The molecule has 2 heterocycles. The molecule has 9 heavy (non-hydrogen) atoms. The maximum atomic E-state index is 5.34. The van der Waals surface area contributed by atoms with E-state index in [1.54, 1.807) is 0 Å². The van der Waals surface area contributed by atoms with E-state index >= 15 is 0 Å². The van der Waals surface area contributed by atoms with Crippen LogP contribution in [0.5, 0.6) is 0 Å². The summed E-state index contributed by atoms with van der Waals surface area (Å²) in [6, 6.07) is 0. The molecule has 46 valence electrons. The predicted molar refractivity (Wildman–Crippen MR) is 29.0 cm³/mol. The van der Waals surface area contributed by atoms with E-state index in [0.717, 1.165) is 0 Å². The second-order valence-electron chi connectivity index (χ2n) is 1.68. The van der Waals surface area contributed by atoms with Gasteiger partial charge in [0.25, 0.3) is 0 Å². The Morgan fingerprint density at radius 3 is 3.22 bits per heavy atom. The second-order valence-corrected chi connectivity index (χ2v) is 1.68. The Kier molecular flexibility index (Phi) is 0.627. The molecule has 0 radical (unpaired) electrons. The van der Waals surface area contributed by atoms with Crippen molar-refractivity contribution in [2.75, 3.05) is 5.73 Å². The molecular weight excluding hydrogens is 120 g/mol. The van der Waals surface area contributed by atoms with Gasteiger partial charge in [0.15, 0.2) is 12.5 Å². The summed E-state index contributed by atoms with van der Waals surface area (Å²) >= 11 is 0. The van der Waals surface area contributed by atoms with Crippen LogP contribution in [0.3, 0.4) is 0 Å². The van der Waals surface area contributed by atoms with Gasteiger partial charge in [-0.3, -0.25) is 0 Å². The first-order chi connectivity index (χ1) is 4.38. The van der Waals surface area contributed by atoms with Crippen molar-refractivity contribution in [3.05, 3.63) is 0 Å². The van der Waals surface area contributed by atoms with Crippen LogP contribution in [0.15, 0.2) is 10.2 Å². The van der Waals surface area contributed by atoms with Crippen LogP contribution in [0.4, 0.5) is 11.6 Å². The van der Waals surface area contributed by atoms with E-state index < -0.39 is 0 Å². The third-order valence-electron chi connectivity index (χ3n) is 1.10. The van der Waals surface area contributed by atoms with Crippen LogP contribution in [0.25, 0.3) is 0 Å². The number of nitrogens with zero attached hydrogens (tertiary/aromatic N) is 5. The zero-order valence-corrected chi connectivity index (χ0v) is 4.52. The van der Waals surface area contributed by atoms with Crippen LogP contribution in [0, 0.1) is 0 Å². The number of rotatable bonds is 0. The zero-order chi connectivity index (χ0) is 6.27. The highest BCUT2D eigenvalue weighted by molar-refractivity contribution is 5.50. The fourth-order valence-electron chi connectivity index (χ4n) is 0.678. The van der Waals surface area contributed by atoms with E-state index in [9.17, 15) is 0 Å². The highest BCUT2D eigenvalue weighted by Crippen LogP contribution is 2.22. The summed E-state index contributed by atoms with van der Waals surface area (Å²) < 4.78 is 1.54. The third kappa shape index (κ3) is 0.438. The molecule has 2 N–H and O–H groups in total. The van der Waals surface area contributed by atoms with E-state index in [-0.39, 0.29) is 0 Å². The number of azo groups is 1. The van der Waals surface area contributed by atoms with E-state index in [1.165, 1.54) is 4.68 Å². The Labute approximate surface area is 50.4 Å². The highest BCUT2D eigenvalue weighted by Gasteiger charge is 2.12. The summed E-state index contributed by atoms with van der Waals surface area (Å²) in [5, 5.41) is 14.6. The van der Waals surface area contributed by atoms with E-state index in [1.807, 2.05) is 0 Å². The number of fused-ring (bicyclic) bond motifs is 1. The van der Waals surface area contributed by atoms with E-state index in [2.05, 4.69) is 20.5 Å². The maximum absolute atomic E-state index is 5.34. The van der Waals surface area contributed by atoms with Crippen LogP contribution < -0.4 is 5.73 Å². The number of anilines is 1. The second kappa shape index (κ2) is 1.28. The molecule has 0 atom stereocenters. The summed E-state index contributed by atoms with van der Waals surface area (Å²) in [6.07, 6.45) is 0. The molecule has 1 aliphatic rings. The van der Waals surface area contributed by atoms with Gasteiger partial charge in [0.2, 0.25) is 5.82 Å². The molecule has 6 nitrogen and oxygen atoms in total. The van der Waals surface area contributed by atoms with Gasteiger partial charge in [-0.25, -0.2) is 4.68 Å². The minimum atomic E-state index is 0.344.